The zero-order valence-corrected chi connectivity index (χ0v) is 48.4. The molecule has 3 amide bonds. The number of imidazole rings is 1. The molecule has 1 aromatic carbocycles. The second-order valence-corrected chi connectivity index (χ2v) is 26.0. The summed E-state index contributed by atoms with van der Waals surface area (Å²) in [6, 6.07) is 5.04. The van der Waals surface area contributed by atoms with Gasteiger partial charge in [-0.1, -0.05) is 71.7 Å². The van der Waals surface area contributed by atoms with E-state index in [1.54, 1.807) is 45.0 Å². The molecular formula is C45H64N14O19P2S2. The molecule has 0 saturated carbocycles. The van der Waals surface area contributed by atoms with Gasteiger partial charge in [0.1, 0.15) is 72.6 Å². The van der Waals surface area contributed by atoms with Crippen LogP contribution in [0.15, 0.2) is 59.1 Å². The summed E-state index contributed by atoms with van der Waals surface area (Å²) in [5.74, 6) is -1.70. The zero-order valence-electron chi connectivity index (χ0n) is 45.0. The van der Waals surface area contributed by atoms with Crippen molar-refractivity contribution in [1.29, 1.82) is 0 Å². The lowest BCUT2D eigenvalue weighted by molar-refractivity contribution is -0.159. The van der Waals surface area contributed by atoms with Gasteiger partial charge in [-0.25, -0.2) is 43.3 Å². The molecule has 5 heterocycles. The minimum absolute atomic E-state index is 0.0313. The number of phosphoric ester groups is 2. The van der Waals surface area contributed by atoms with E-state index < -0.39 is 126 Å². The van der Waals surface area contributed by atoms with Crippen molar-refractivity contribution < 1.29 is 85.4 Å². The first-order valence-corrected chi connectivity index (χ1v) is 30.3. The standard InChI is InChI=1S/C45H64N14O19P2S2/c1-44(2,3)77-43(65)53-26(9-7-8-15-49-38(61)27(21-81-82-45(4,5)6)54-42(64)71-18-24-10-12-25(13-11-24)56-57-48)40(62)76-35-30(75-39(34(35)60)59-23-52-33-36(47)50-22-51-37(33)59)20-73-80(69,70)78-28-17-32(58-16-14-31(46)55-41(58)63)74-29(28)19-72-79(66,67)68/h10-14,16,22-23,26-30,32,34-35,39,60H,7-9,15,17-21H2,1-6H3,(H,49,61)(H,53,65)(H,54,64)(H,69,70)(H2,46,55,63)(H2,47,50,51)(H2,66,67,68)/t26?,27-,28-,29+,30+,32+,34+,35+,39+/m0/s1. The van der Waals surface area contributed by atoms with Gasteiger partial charge in [0.25, 0.3) is 0 Å². The van der Waals surface area contributed by atoms with Crippen molar-refractivity contribution in [1.82, 2.24) is 45.0 Å². The van der Waals surface area contributed by atoms with Crippen LogP contribution < -0.4 is 33.1 Å². The molecule has 6 rings (SSSR count). The van der Waals surface area contributed by atoms with Gasteiger partial charge >= 0.3 is 39.5 Å². The van der Waals surface area contributed by atoms with Gasteiger partial charge in [-0.3, -0.25) is 27.5 Å². The highest BCUT2D eigenvalue weighted by Gasteiger charge is 2.50. The van der Waals surface area contributed by atoms with E-state index in [0.29, 0.717) is 11.3 Å². The number of nitrogens with two attached hydrogens (primary N) is 2. The third kappa shape index (κ3) is 19.8. The monoisotopic (exact) mass is 1230 g/mol. The Morgan fingerprint density at radius 1 is 0.939 bits per heavy atom. The molecule has 0 spiro atoms. The van der Waals surface area contributed by atoms with Crippen LogP contribution >= 0.6 is 37.2 Å². The topological polar surface area (TPSA) is 473 Å². The number of alkyl carbamates (subject to hydrolysis) is 2. The normalized spacial score (nSPS) is 21.6. The number of anilines is 2. The van der Waals surface area contributed by atoms with E-state index in [2.05, 4.69) is 50.4 Å². The Kier molecular flexibility index (Phi) is 22.5. The van der Waals surface area contributed by atoms with E-state index in [1.807, 2.05) is 20.8 Å². The van der Waals surface area contributed by atoms with Crippen molar-refractivity contribution in [3.8, 4) is 0 Å². The van der Waals surface area contributed by atoms with Gasteiger partial charge in [0.15, 0.2) is 23.8 Å². The van der Waals surface area contributed by atoms with Crippen LogP contribution in [0.3, 0.4) is 0 Å². The largest absolute Gasteiger partial charge is 0.472 e. The summed E-state index contributed by atoms with van der Waals surface area (Å²) >= 11 is 0. The number of nitrogens with zero attached hydrogens (tertiary/aromatic N) is 9. The molecule has 0 bridgehead atoms. The molecule has 0 radical (unpaired) electrons. The lowest BCUT2D eigenvalue weighted by Gasteiger charge is -2.26. The van der Waals surface area contributed by atoms with Crippen LogP contribution in [0.4, 0.5) is 26.9 Å². The SMILES string of the molecule is CC(C)(C)OC(=O)NC(CCCCNC(=O)[C@H](CSSC(C)(C)C)NC(=O)OCc1ccc(N=[N+]=[N-])cc1)C(=O)O[C@H]1[C@@H](O)[C@H](n2cnc3c(N)ncnc32)O[C@@H]1COP(=O)(O)O[C@H]1C[C@H](n2ccc(N)nc2=O)O[C@@H]1COP(=O)(O)O. The maximum Gasteiger partial charge on any atom is 0.472 e. The van der Waals surface area contributed by atoms with Crippen LogP contribution in [0, 0.1) is 0 Å². The van der Waals surface area contributed by atoms with E-state index in [0.717, 1.165) is 10.9 Å². The van der Waals surface area contributed by atoms with E-state index in [1.165, 1.54) is 44.7 Å². The Hall–Kier alpha value is -6.16. The molecule has 37 heteroatoms. The van der Waals surface area contributed by atoms with Crippen LogP contribution in [0.5, 0.6) is 0 Å². The number of benzene rings is 1. The minimum atomic E-state index is -5.33. The number of aromatic nitrogens is 6. The van der Waals surface area contributed by atoms with Crippen molar-refractivity contribution in [3.63, 3.8) is 0 Å². The second kappa shape index (κ2) is 28.4. The lowest BCUT2D eigenvalue weighted by Crippen LogP contribution is -2.48. The minimum Gasteiger partial charge on any atom is -0.455 e. The molecule has 82 heavy (non-hydrogen) atoms. The molecule has 33 nitrogen and oxygen atoms in total. The maximum absolute atomic E-state index is 14.3. The van der Waals surface area contributed by atoms with Gasteiger partial charge in [-0.05, 0) is 57.2 Å². The lowest BCUT2D eigenvalue weighted by atomic mass is 10.1. The fourth-order valence-corrected chi connectivity index (χ4v) is 11.6. The molecule has 2 fully saturated rings. The molecule has 3 aromatic heterocycles. The number of fused-ring (bicyclic) bond motifs is 1. The highest BCUT2D eigenvalue weighted by atomic mass is 33.1. The van der Waals surface area contributed by atoms with Crippen molar-refractivity contribution >= 4 is 89.8 Å². The number of esters is 1. The third-order valence-corrected chi connectivity index (χ3v) is 16.3. The molecule has 11 N–H and O–H groups in total. The van der Waals surface area contributed by atoms with Crippen molar-refractivity contribution in [3.05, 3.63) is 75.7 Å². The number of ether oxygens (including phenoxy) is 5. The summed E-state index contributed by atoms with van der Waals surface area (Å²) in [6.07, 6.45) is -9.60. The summed E-state index contributed by atoms with van der Waals surface area (Å²) in [4.78, 5) is 115. The smallest absolute Gasteiger partial charge is 0.455 e. The number of carbonyl (C=O) groups is 4. The Labute approximate surface area is 475 Å². The molecule has 2 saturated heterocycles. The number of phosphoric acid groups is 2. The molecule has 4 aromatic rings. The zero-order chi connectivity index (χ0) is 60.2. The number of amides is 3. The average Bonchev–Trinajstić information content (AvgIpc) is 4.27. The molecule has 0 aliphatic carbocycles. The first kappa shape index (κ1) is 65.0. The Morgan fingerprint density at radius 3 is 2.32 bits per heavy atom. The Balaban J connectivity index is 1.15. The predicted molar refractivity (Wildman–Crippen MR) is 292 cm³/mol. The van der Waals surface area contributed by atoms with Crippen LogP contribution in [-0.2, 0) is 62.6 Å². The molecule has 10 atom stereocenters. The molecule has 2 aliphatic heterocycles. The van der Waals surface area contributed by atoms with Crippen molar-refractivity contribution in [2.45, 2.75) is 139 Å². The fraction of sp³-hybridized carbons (Fsp3) is 0.578. The number of hydrogen-bond acceptors (Lipinski definition) is 25. The van der Waals surface area contributed by atoms with Gasteiger partial charge in [-0.2, -0.15) is 4.98 Å². The maximum atomic E-state index is 14.3. The van der Waals surface area contributed by atoms with E-state index in [9.17, 15) is 52.9 Å². The summed E-state index contributed by atoms with van der Waals surface area (Å²) < 4.78 is 71.3. The first-order valence-electron chi connectivity index (χ1n) is 25.0. The number of carbonyl (C=O) groups excluding carboxylic acids is 4. The van der Waals surface area contributed by atoms with E-state index in [4.69, 9.17) is 49.7 Å². The van der Waals surface area contributed by atoms with Crippen LogP contribution in [0.25, 0.3) is 21.6 Å². The van der Waals surface area contributed by atoms with Gasteiger partial charge in [0.2, 0.25) is 5.91 Å². The Morgan fingerprint density at radius 2 is 1.65 bits per heavy atom. The summed E-state index contributed by atoms with van der Waals surface area (Å²) in [6.45, 7) is 8.74. The van der Waals surface area contributed by atoms with Crippen molar-refractivity contribution in [2.75, 3.05) is 37.0 Å². The molecule has 450 valence electrons. The van der Waals surface area contributed by atoms with Crippen molar-refractivity contribution in [2.24, 2.45) is 5.11 Å². The quantitative estimate of drug-likeness (QED) is 0.00629. The van der Waals surface area contributed by atoms with Gasteiger partial charge in [0, 0.05) is 40.3 Å². The van der Waals surface area contributed by atoms with Gasteiger partial charge < -0.3 is 70.9 Å². The van der Waals surface area contributed by atoms with E-state index in [-0.39, 0.29) is 65.7 Å². The van der Waals surface area contributed by atoms with E-state index >= 15 is 0 Å². The molecule has 2 aliphatic rings. The van der Waals surface area contributed by atoms with Gasteiger partial charge in [0.05, 0.1) is 19.5 Å². The number of aliphatic hydroxyl groups excluding tert-OH is 1. The molecule has 2 unspecified atom stereocenters. The second-order valence-electron chi connectivity index (χ2n) is 20.2. The summed E-state index contributed by atoms with van der Waals surface area (Å²) in [5.41, 5.74) is 19.5. The highest BCUT2D eigenvalue weighted by molar-refractivity contribution is 8.77. The number of unbranched alkanes of at least 4 members (excludes halogenated alkanes) is 1. The average molecular weight is 1230 g/mol. The Bertz CT molecular complexity index is 3080. The van der Waals surface area contributed by atoms with Crippen LogP contribution in [0.1, 0.15) is 85.2 Å². The number of hydrogen-bond donors (Lipinski definition) is 9. The number of aliphatic hydroxyl groups is 1. The number of nitrogens with one attached hydrogen (secondary N) is 3. The molecular weight excluding hydrogens is 1170 g/mol. The van der Waals surface area contributed by atoms with Crippen LogP contribution in [-0.4, -0.2) is 151 Å². The predicted octanol–water partition coefficient (Wildman–Crippen LogP) is 3.91. The van der Waals surface area contributed by atoms with Gasteiger partial charge in [-0.15, -0.1) is 0 Å². The fourth-order valence-electron chi connectivity index (χ4n) is 7.83. The highest BCUT2D eigenvalue weighted by Crippen LogP contribution is 2.50. The number of azide groups is 1. The number of rotatable bonds is 26. The summed E-state index contributed by atoms with van der Waals surface area (Å²) in [7, 11) is -7.60. The first-order chi connectivity index (χ1) is 38.5. The van der Waals surface area contributed by atoms with Crippen LogP contribution in [0.2, 0.25) is 0 Å². The third-order valence-electron chi connectivity index (χ3n) is 11.5. The number of nitrogen functional groups attached to an aromatic ring is 2. The summed E-state index contributed by atoms with van der Waals surface area (Å²) in [5, 5.41) is 23.3.